The van der Waals surface area contributed by atoms with Gasteiger partial charge in [0.05, 0.1) is 6.42 Å². The molecule has 0 bridgehead atoms. The van der Waals surface area contributed by atoms with E-state index >= 15 is 0 Å². The van der Waals surface area contributed by atoms with E-state index in [1.54, 1.807) is 0 Å². The highest BCUT2D eigenvalue weighted by Gasteiger charge is 2.05. The van der Waals surface area contributed by atoms with Crippen molar-refractivity contribution in [2.45, 2.75) is 25.8 Å². The van der Waals surface area contributed by atoms with Gasteiger partial charge in [0, 0.05) is 18.0 Å². The molecule has 0 saturated heterocycles. The molecule has 0 aromatic heterocycles. The van der Waals surface area contributed by atoms with E-state index in [4.69, 9.17) is 10.8 Å². The standard InChI is InChI=1S/C13H15NO2/c1-10-5-7-11(8-6-10)3-2-4-12(14)9-13(15)16/h5-8,12H,4,9,14H2,1H3,(H,15,16)/t12-/m0/s1. The lowest BCUT2D eigenvalue weighted by Crippen LogP contribution is -2.22. The van der Waals surface area contributed by atoms with Gasteiger partial charge in [-0.2, -0.15) is 0 Å². The van der Waals surface area contributed by atoms with Crippen LogP contribution in [0.4, 0.5) is 0 Å². The maximum atomic E-state index is 10.4. The largest absolute Gasteiger partial charge is 0.481 e. The van der Waals surface area contributed by atoms with Crippen LogP contribution in [0.15, 0.2) is 24.3 Å². The number of carboxylic acids is 1. The minimum atomic E-state index is -0.885. The van der Waals surface area contributed by atoms with Crippen molar-refractivity contribution in [3.8, 4) is 11.8 Å². The fourth-order valence-electron chi connectivity index (χ4n) is 1.22. The van der Waals surface area contributed by atoms with Gasteiger partial charge in [-0.25, -0.2) is 0 Å². The normalized spacial score (nSPS) is 11.4. The van der Waals surface area contributed by atoms with Crippen LogP contribution < -0.4 is 5.73 Å². The fourth-order valence-corrected chi connectivity index (χ4v) is 1.22. The van der Waals surface area contributed by atoms with Crippen LogP contribution in [0, 0.1) is 18.8 Å². The second-order valence-corrected chi connectivity index (χ2v) is 3.73. The van der Waals surface area contributed by atoms with E-state index in [2.05, 4.69) is 11.8 Å². The number of hydrogen-bond acceptors (Lipinski definition) is 2. The molecule has 3 nitrogen and oxygen atoms in total. The fraction of sp³-hybridized carbons (Fsp3) is 0.308. The zero-order chi connectivity index (χ0) is 12.0. The first kappa shape index (κ1) is 12.3. The summed E-state index contributed by atoms with van der Waals surface area (Å²) in [6.07, 6.45) is 0.364. The van der Waals surface area contributed by atoms with Gasteiger partial charge in [-0.1, -0.05) is 29.5 Å². The van der Waals surface area contributed by atoms with Crippen molar-refractivity contribution in [2.75, 3.05) is 0 Å². The van der Waals surface area contributed by atoms with Gasteiger partial charge in [-0.15, -0.1) is 0 Å². The lowest BCUT2D eigenvalue weighted by Gasteiger charge is -2.01. The first-order valence-corrected chi connectivity index (χ1v) is 5.11. The molecule has 0 radical (unpaired) electrons. The van der Waals surface area contributed by atoms with E-state index in [0.717, 1.165) is 5.56 Å². The van der Waals surface area contributed by atoms with Gasteiger partial charge >= 0.3 is 5.97 Å². The quantitative estimate of drug-likeness (QED) is 0.755. The van der Waals surface area contributed by atoms with Gasteiger partial charge < -0.3 is 10.8 Å². The van der Waals surface area contributed by atoms with E-state index < -0.39 is 12.0 Å². The Labute approximate surface area is 95.3 Å². The van der Waals surface area contributed by atoms with Gasteiger partial charge in [0.2, 0.25) is 0 Å². The smallest absolute Gasteiger partial charge is 0.304 e. The number of carbonyl (C=O) groups is 1. The van der Waals surface area contributed by atoms with Gasteiger partial charge in [0.1, 0.15) is 0 Å². The van der Waals surface area contributed by atoms with Crippen molar-refractivity contribution in [1.29, 1.82) is 0 Å². The molecule has 16 heavy (non-hydrogen) atoms. The Bertz CT molecular complexity index is 412. The predicted molar refractivity (Wildman–Crippen MR) is 62.9 cm³/mol. The van der Waals surface area contributed by atoms with Crippen LogP contribution in [-0.2, 0) is 4.79 Å². The predicted octanol–water partition coefficient (Wildman–Crippen LogP) is 1.54. The van der Waals surface area contributed by atoms with Crippen LogP contribution in [0.3, 0.4) is 0 Å². The third kappa shape index (κ3) is 4.63. The van der Waals surface area contributed by atoms with Crippen molar-refractivity contribution in [3.63, 3.8) is 0 Å². The van der Waals surface area contributed by atoms with Crippen molar-refractivity contribution in [1.82, 2.24) is 0 Å². The average molecular weight is 217 g/mol. The summed E-state index contributed by atoms with van der Waals surface area (Å²) in [5, 5.41) is 8.50. The molecule has 1 rings (SSSR count). The SMILES string of the molecule is Cc1ccc(C#CC[C@H](N)CC(=O)O)cc1. The van der Waals surface area contributed by atoms with Gasteiger partial charge in [-0.3, -0.25) is 4.79 Å². The molecule has 1 atom stereocenters. The first-order chi connectivity index (χ1) is 7.58. The summed E-state index contributed by atoms with van der Waals surface area (Å²) in [6.45, 7) is 2.01. The third-order valence-electron chi connectivity index (χ3n) is 2.09. The molecule has 3 heteroatoms. The van der Waals surface area contributed by atoms with Crippen LogP contribution >= 0.6 is 0 Å². The molecule has 3 N–H and O–H groups in total. The molecule has 0 aliphatic rings. The van der Waals surface area contributed by atoms with Crippen molar-refractivity contribution in [3.05, 3.63) is 35.4 Å². The van der Waals surface area contributed by atoms with Gasteiger partial charge in [-0.05, 0) is 19.1 Å². The highest BCUT2D eigenvalue weighted by molar-refractivity contribution is 5.67. The summed E-state index contributed by atoms with van der Waals surface area (Å²) in [4.78, 5) is 10.4. The minimum Gasteiger partial charge on any atom is -0.481 e. The summed E-state index contributed by atoms with van der Waals surface area (Å²) >= 11 is 0. The van der Waals surface area contributed by atoms with Crippen LogP contribution in [0.1, 0.15) is 24.0 Å². The molecule has 0 unspecified atom stereocenters. The summed E-state index contributed by atoms with van der Waals surface area (Å²) < 4.78 is 0. The third-order valence-corrected chi connectivity index (χ3v) is 2.09. The topological polar surface area (TPSA) is 63.3 Å². The lowest BCUT2D eigenvalue weighted by molar-refractivity contribution is -0.137. The molecule has 1 aromatic rings. The summed E-state index contributed by atoms with van der Waals surface area (Å²) in [5.41, 5.74) is 7.69. The number of aryl methyl sites for hydroxylation is 1. The Morgan fingerprint density at radius 3 is 2.62 bits per heavy atom. The number of aliphatic carboxylic acids is 1. The van der Waals surface area contributed by atoms with E-state index in [1.807, 2.05) is 31.2 Å². The Morgan fingerprint density at radius 1 is 1.44 bits per heavy atom. The number of carboxylic acid groups (broad SMARTS) is 1. The van der Waals surface area contributed by atoms with Crippen molar-refractivity contribution in [2.24, 2.45) is 5.73 Å². The molecule has 0 spiro atoms. The highest BCUT2D eigenvalue weighted by Crippen LogP contribution is 2.01. The second-order valence-electron chi connectivity index (χ2n) is 3.73. The summed E-state index contributed by atoms with van der Waals surface area (Å²) in [6, 6.07) is 7.45. The molecule has 0 saturated carbocycles. The van der Waals surface area contributed by atoms with Crippen molar-refractivity contribution < 1.29 is 9.90 Å². The highest BCUT2D eigenvalue weighted by atomic mass is 16.4. The Kier molecular flexibility index (Phi) is 4.56. The molecule has 84 valence electrons. The summed E-state index contributed by atoms with van der Waals surface area (Å²) in [5.74, 6) is 4.96. The Balaban J connectivity index is 2.49. The monoisotopic (exact) mass is 217 g/mol. The Morgan fingerprint density at radius 2 is 2.06 bits per heavy atom. The second kappa shape index (κ2) is 5.94. The molecule has 0 aliphatic carbocycles. The molecular weight excluding hydrogens is 202 g/mol. The minimum absolute atomic E-state index is 0.0391. The molecular formula is C13H15NO2. The maximum Gasteiger partial charge on any atom is 0.304 e. The van der Waals surface area contributed by atoms with Crippen LogP contribution in [0.25, 0.3) is 0 Å². The average Bonchev–Trinajstić information content (AvgIpc) is 2.20. The van der Waals surface area contributed by atoms with Crippen molar-refractivity contribution >= 4 is 5.97 Å². The number of hydrogen-bond donors (Lipinski definition) is 2. The van der Waals surface area contributed by atoms with E-state index in [1.165, 1.54) is 5.56 Å². The lowest BCUT2D eigenvalue weighted by atomic mass is 10.1. The number of nitrogens with two attached hydrogens (primary N) is 1. The van der Waals surface area contributed by atoms with E-state index in [-0.39, 0.29) is 6.42 Å². The van der Waals surface area contributed by atoms with Gasteiger partial charge in [0.15, 0.2) is 0 Å². The molecule has 0 aliphatic heterocycles. The van der Waals surface area contributed by atoms with Crippen LogP contribution in [0.5, 0.6) is 0 Å². The molecule has 0 fully saturated rings. The molecule has 0 heterocycles. The molecule has 0 amide bonds. The van der Waals surface area contributed by atoms with E-state index in [0.29, 0.717) is 6.42 Å². The first-order valence-electron chi connectivity index (χ1n) is 5.11. The number of rotatable bonds is 3. The zero-order valence-electron chi connectivity index (χ0n) is 9.23. The number of benzene rings is 1. The summed E-state index contributed by atoms with van der Waals surface area (Å²) in [7, 11) is 0. The van der Waals surface area contributed by atoms with Gasteiger partial charge in [0.25, 0.3) is 0 Å². The van der Waals surface area contributed by atoms with Crippen LogP contribution in [-0.4, -0.2) is 17.1 Å². The van der Waals surface area contributed by atoms with Crippen LogP contribution in [0.2, 0.25) is 0 Å². The van der Waals surface area contributed by atoms with E-state index in [9.17, 15) is 4.79 Å². The Hall–Kier alpha value is -1.79. The maximum absolute atomic E-state index is 10.4. The zero-order valence-corrected chi connectivity index (χ0v) is 9.23. The molecule has 1 aromatic carbocycles.